The van der Waals surface area contributed by atoms with Crippen LogP contribution in [-0.2, 0) is 13.2 Å². The van der Waals surface area contributed by atoms with Crippen molar-refractivity contribution in [2.45, 2.75) is 46.9 Å². The Balaban J connectivity index is 2.16. The molecule has 0 amide bonds. The fraction of sp³-hybridized carbons (Fsp3) is 0.438. The van der Waals surface area contributed by atoms with Gasteiger partial charge in [0.1, 0.15) is 12.4 Å². The summed E-state index contributed by atoms with van der Waals surface area (Å²) in [4.78, 5) is 4.51. The van der Waals surface area contributed by atoms with E-state index < -0.39 is 0 Å². The summed E-state index contributed by atoms with van der Waals surface area (Å²) >= 11 is 0. The number of ether oxygens (including phenoxy) is 1. The summed E-state index contributed by atoms with van der Waals surface area (Å²) in [5.41, 5.74) is 3.26. The van der Waals surface area contributed by atoms with Crippen LogP contribution in [0.3, 0.4) is 0 Å². The van der Waals surface area contributed by atoms with Crippen molar-refractivity contribution >= 4 is 0 Å². The van der Waals surface area contributed by atoms with Crippen LogP contribution in [0.25, 0.3) is 0 Å². The van der Waals surface area contributed by atoms with Crippen molar-refractivity contribution < 1.29 is 9.15 Å². The van der Waals surface area contributed by atoms with Gasteiger partial charge in [0.15, 0.2) is 0 Å². The number of pyridine rings is 1. The molecule has 0 atom stereocenters. The Morgan fingerprint density at radius 1 is 1.35 bits per heavy atom. The first-order valence-corrected chi connectivity index (χ1v) is 6.92. The van der Waals surface area contributed by atoms with Gasteiger partial charge in [0.05, 0.1) is 6.26 Å². The van der Waals surface area contributed by atoms with Crippen molar-refractivity contribution in [3.8, 4) is 5.88 Å². The number of nitrogens with one attached hydrogen (secondary N) is 1. The van der Waals surface area contributed by atoms with E-state index >= 15 is 0 Å². The Hall–Kier alpha value is -1.81. The second-order valence-corrected chi connectivity index (χ2v) is 5.27. The summed E-state index contributed by atoms with van der Waals surface area (Å²) in [7, 11) is 0. The zero-order valence-electron chi connectivity index (χ0n) is 12.6. The second-order valence-electron chi connectivity index (χ2n) is 5.27. The molecule has 0 aliphatic heterocycles. The van der Waals surface area contributed by atoms with Crippen molar-refractivity contribution in [2.24, 2.45) is 0 Å². The lowest BCUT2D eigenvalue weighted by molar-refractivity contribution is 0.256. The minimum atomic E-state index is 0.400. The molecule has 0 saturated carbocycles. The Kier molecular flexibility index (Phi) is 4.79. The molecule has 0 aliphatic rings. The maximum atomic E-state index is 5.83. The maximum absolute atomic E-state index is 5.83. The van der Waals surface area contributed by atoms with E-state index in [0.717, 1.165) is 23.6 Å². The van der Waals surface area contributed by atoms with E-state index in [1.165, 1.54) is 5.56 Å². The summed E-state index contributed by atoms with van der Waals surface area (Å²) in [5.74, 6) is 1.49. The fourth-order valence-electron chi connectivity index (χ4n) is 2.00. The molecule has 0 aromatic carbocycles. The first kappa shape index (κ1) is 14.6. The summed E-state index contributed by atoms with van der Waals surface area (Å²) in [6.45, 7) is 9.47. The third kappa shape index (κ3) is 3.84. The second kappa shape index (κ2) is 6.57. The number of hydrogen-bond acceptors (Lipinski definition) is 4. The molecule has 0 radical (unpaired) electrons. The third-order valence-electron chi connectivity index (χ3n) is 3.06. The van der Waals surface area contributed by atoms with Gasteiger partial charge < -0.3 is 14.5 Å². The lowest BCUT2D eigenvalue weighted by Crippen LogP contribution is -2.23. The van der Waals surface area contributed by atoms with Gasteiger partial charge in [-0.2, -0.15) is 0 Å². The van der Waals surface area contributed by atoms with Gasteiger partial charge in [-0.05, 0) is 37.6 Å². The van der Waals surface area contributed by atoms with Crippen LogP contribution in [0.1, 0.15) is 36.4 Å². The quantitative estimate of drug-likeness (QED) is 0.877. The van der Waals surface area contributed by atoms with Gasteiger partial charge in [-0.3, -0.25) is 0 Å². The average molecular weight is 274 g/mol. The Morgan fingerprint density at radius 2 is 2.15 bits per heavy atom. The molecular weight excluding hydrogens is 252 g/mol. The van der Waals surface area contributed by atoms with Crippen LogP contribution in [0.15, 0.2) is 28.9 Å². The van der Waals surface area contributed by atoms with Crippen LogP contribution >= 0.6 is 0 Å². The van der Waals surface area contributed by atoms with E-state index in [1.54, 1.807) is 6.26 Å². The average Bonchev–Trinajstić information content (AvgIpc) is 2.87. The molecule has 108 valence electrons. The third-order valence-corrected chi connectivity index (χ3v) is 3.06. The predicted octanol–water partition coefficient (Wildman–Crippen LogP) is 3.37. The van der Waals surface area contributed by atoms with Crippen LogP contribution in [0.2, 0.25) is 0 Å². The molecule has 0 spiro atoms. The van der Waals surface area contributed by atoms with Gasteiger partial charge in [-0.25, -0.2) is 4.98 Å². The first-order chi connectivity index (χ1) is 9.56. The van der Waals surface area contributed by atoms with Crippen molar-refractivity contribution in [1.29, 1.82) is 0 Å². The fourth-order valence-corrected chi connectivity index (χ4v) is 2.00. The molecule has 0 aliphatic carbocycles. The number of aryl methyl sites for hydroxylation is 2. The molecule has 0 fully saturated rings. The van der Waals surface area contributed by atoms with Crippen LogP contribution in [0, 0.1) is 13.8 Å². The number of furan rings is 1. The van der Waals surface area contributed by atoms with Gasteiger partial charge in [0.2, 0.25) is 5.88 Å². The Morgan fingerprint density at radius 3 is 2.80 bits per heavy atom. The van der Waals surface area contributed by atoms with Gasteiger partial charge in [-0.1, -0.05) is 13.8 Å². The van der Waals surface area contributed by atoms with E-state index in [9.17, 15) is 0 Å². The molecule has 2 aromatic heterocycles. The number of nitrogens with zero attached hydrogens (tertiary/aromatic N) is 1. The molecule has 20 heavy (non-hydrogen) atoms. The zero-order chi connectivity index (χ0) is 14.5. The van der Waals surface area contributed by atoms with E-state index in [1.807, 2.05) is 19.1 Å². The van der Waals surface area contributed by atoms with Crippen molar-refractivity contribution in [3.63, 3.8) is 0 Å². The topological polar surface area (TPSA) is 47.3 Å². The standard InChI is InChI=1S/C16H22N2O2/c1-11(2)17-9-15-12(3)8-13(4)18-16(15)20-10-14-6-5-7-19-14/h5-8,11,17H,9-10H2,1-4H3. The lowest BCUT2D eigenvalue weighted by Gasteiger charge is -2.15. The molecule has 2 aromatic rings. The molecule has 2 rings (SSSR count). The highest BCUT2D eigenvalue weighted by Gasteiger charge is 2.11. The summed E-state index contributed by atoms with van der Waals surface area (Å²) in [6.07, 6.45) is 1.65. The van der Waals surface area contributed by atoms with Gasteiger partial charge in [0, 0.05) is 23.8 Å². The molecule has 1 N–H and O–H groups in total. The Bertz CT molecular complexity index is 548. The normalized spacial score (nSPS) is 11.1. The van der Waals surface area contributed by atoms with E-state index in [2.05, 4.69) is 37.1 Å². The molecule has 0 unspecified atom stereocenters. The van der Waals surface area contributed by atoms with Crippen molar-refractivity contribution in [1.82, 2.24) is 10.3 Å². The monoisotopic (exact) mass is 274 g/mol. The van der Waals surface area contributed by atoms with Crippen LogP contribution in [0.5, 0.6) is 5.88 Å². The molecule has 2 heterocycles. The Labute approximate surface area is 120 Å². The number of aromatic nitrogens is 1. The highest BCUT2D eigenvalue weighted by atomic mass is 16.5. The molecule has 0 saturated heterocycles. The highest BCUT2D eigenvalue weighted by Crippen LogP contribution is 2.22. The van der Waals surface area contributed by atoms with Gasteiger partial charge >= 0.3 is 0 Å². The molecule has 4 nitrogen and oxygen atoms in total. The highest BCUT2D eigenvalue weighted by molar-refractivity contribution is 5.36. The van der Waals surface area contributed by atoms with Crippen LogP contribution in [-0.4, -0.2) is 11.0 Å². The van der Waals surface area contributed by atoms with Crippen LogP contribution in [0.4, 0.5) is 0 Å². The first-order valence-electron chi connectivity index (χ1n) is 6.92. The zero-order valence-corrected chi connectivity index (χ0v) is 12.6. The molecule has 4 heteroatoms. The molecular formula is C16H22N2O2. The summed E-state index contributed by atoms with van der Waals surface area (Å²) < 4.78 is 11.1. The summed E-state index contributed by atoms with van der Waals surface area (Å²) in [5, 5.41) is 3.41. The van der Waals surface area contributed by atoms with E-state index in [4.69, 9.17) is 9.15 Å². The minimum Gasteiger partial charge on any atom is -0.469 e. The molecule has 0 bridgehead atoms. The van der Waals surface area contributed by atoms with Crippen molar-refractivity contribution in [2.75, 3.05) is 0 Å². The number of rotatable bonds is 6. The van der Waals surface area contributed by atoms with Crippen LogP contribution < -0.4 is 10.1 Å². The lowest BCUT2D eigenvalue weighted by atomic mass is 10.1. The minimum absolute atomic E-state index is 0.400. The van der Waals surface area contributed by atoms with E-state index in [-0.39, 0.29) is 0 Å². The summed E-state index contributed by atoms with van der Waals surface area (Å²) in [6, 6.07) is 6.26. The predicted molar refractivity (Wildman–Crippen MR) is 78.7 cm³/mol. The van der Waals surface area contributed by atoms with E-state index in [0.29, 0.717) is 18.5 Å². The maximum Gasteiger partial charge on any atom is 0.218 e. The van der Waals surface area contributed by atoms with Gasteiger partial charge in [-0.15, -0.1) is 0 Å². The number of hydrogen-bond donors (Lipinski definition) is 1. The SMILES string of the molecule is Cc1cc(C)c(CNC(C)C)c(OCc2ccco2)n1. The smallest absolute Gasteiger partial charge is 0.218 e. The largest absolute Gasteiger partial charge is 0.469 e. The van der Waals surface area contributed by atoms with Gasteiger partial charge in [0.25, 0.3) is 0 Å². The van der Waals surface area contributed by atoms with Crippen molar-refractivity contribution in [3.05, 3.63) is 47.0 Å².